The maximum absolute atomic E-state index is 4.65. The summed E-state index contributed by atoms with van der Waals surface area (Å²) < 4.78 is 0. The first-order chi connectivity index (χ1) is 11.4. The Morgan fingerprint density at radius 1 is 1.00 bits per heavy atom. The van der Waals surface area contributed by atoms with E-state index in [9.17, 15) is 0 Å². The lowest BCUT2D eigenvalue weighted by Gasteiger charge is -2.19. The molecule has 0 saturated carbocycles. The second-order valence-corrected chi connectivity index (χ2v) is 4.82. The summed E-state index contributed by atoms with van der Waals surface area (Å²) in [6, 6.07) is 11.9. The lowest BCUT2D eigenvalue weighted by atomic mass is 10.2. The van der Waals surface area contributed by atoms with Crippen molar-refractivity contribution in [1.82, 2.24) is 15.0 Å². The third-order valence-corrected chi connectivity index (χ3v) is 3.38. The number of rotatable bonds is 2. The number of para-hydroxylation sites is 1. The van der Waals surface area contributed by atoms with Crippen molar-refractivity contribution in [2.75, 3.05) is 29.0 Å². The number of anilines is 4. The summed E-state index contributed by atoms with van der Waals surface area (Å²) in [5, 5.41) is 9.90. The van der Waals surface area contributed by atoms with Gasteiger partial charge in [-0.25, -0.2) is 15.0 Å². The Hall–Kier alpha value is -2.89. The molecule has 2 aromatic heterocycles. The second-order valence-electron chi connectivity index (χ2n) is 4.82. The Balaban J connectivity index is 0.000000753. The Bertz CT molecular complexity index is 788. The van der Waals surface area contributed by atoms with E-state index >= 15 is 0 Å². The maximum Gasteiger partial charge on any atom is 0.160 e. The van der Waals surface area contributed by atoms with Crippen LogP contribution in [0.25, 0.3) is 11.0 Å². The molecule has 0 atom stereocenters. The van der Waals surface area contributed by atoms with Crippen LogP contribution in [0.1, 0.15) is 13.8 Å². The van der Waals surface area contributed by atoms with Crippen molar-refractivity contribution in [1.29, 1.82) is 0 Å². The lowest BCUT2D eigenvalue weighted by Crippen LogP contribution is -2.21. The monoisotopic (exact) mass is 308 g/mol. The van der Waals surface area contributed by atoms with Gasteiger partial charge < -0.3 is 16.0 Å². The van der Waals surface area contributed by atoms with Crippen LogP contribution in [0.3, 0.4) is 0 Å². The lowest BCUT2D eigenvalue weighted by molar-refractivity contribution is 1.02. The molecule has 0 saturated heterocycles. The van der Waals surface area contributed by atoms with Gasteiger partial charge in [0.25, 0.3) is 0 Å². The topological polar surface area (TPSA) is 74.8 Å². The van der Waals surface area contributed by atoms with Crippen LogP contribution >= 0.6 is 0 Å². The average Bonchev–Trinajstić information content (AvgIpc) is 2.63. The van der Waals surface area contributed by atoms with Crippen molar-refractivity contribution in [3.63, 3.8) is 0 Å². The summed E-state index contributed by atoms with van der Waals surface area (Å²) in [4.78, 5) is 13.3. The summed E-state index contributed by atoms with van der Waals surface area (Å²) in [5.74, 6) is 1.56. The number of nitrogens with zero attached hydrogens (tertiary/aromatic N) is 3. The van der Waals surface area contributed by atoms with E-state index in [4.69, 9.17) is 0 Å². The van der Waals surface area contributed by atoms with E-state index in [1.165, 1.54) is 0 Å². The van der Waals surface area contributed by atoms with Gasteiger partial charge in [-0.15, -0.1) is 0 Å². The van der Waals surface area contributed by atoms with Crippen molar-refractivity contribution in [3.8, 4) is 0 Å². The quantitative estimate of drug-likeness (QED) is 0.671. The highest BCUT2D eigenvalue weighted by Crippen LogP contribution is 2.29. The van der Waals surface area contributed by atoms with E-state index in [1.807, 2.05) is 50.2 Å². The van der Waals surface area contributed by atoms with Crippen LogP contribution in [0.2, 0.25) is 0 Å². The molecule has 0 radical (unpaired) electrons. The Labute approximate surface area is 135 Å². The molecular weight excluding hydrogens is 288 g/mol. The highest BCUT2D eigenvalue weighted by atomic mass is 15.1. The molecule has 3 N–H and O–H groups in total. The molecule has 1 aliphatic rings. The molecular formula is C17H20N6. The number of fused-ring (bicyclic) bond motifs is 2. The predicted molar refractivity (Wildman–Crippen MR) is 95.4 cm³/mol. The fraction of sp³-hybridized carbons (Fsp3) is 0.235. The molecule has 0 amide bonds. The summed E-state index contributed by atoms with van der Waals surface area (Å²) in [7, 11) is 0. The molecule has 1 aromatic carbocycles. The second kappa shape index (κ2) is 6.91. The van der Waals surface area contributed by atoms with Crippen molar-refractivity contribution in [2.45, 2.75) is 13.8 Å². The number of hydrogen-bond acceptors (Lipinski definition) is 6. The highest BCUT2D eigenvalue weighted by molar-refractivity contribution is 5.92. The molecule has 23 heavy (non-hydrogen) atoms. The zero-order valence-corrected chi connectivity index (χ0v) is 13.3. The number of aromatic nitrogens is 3. The van der Waals surface area contributed by atoms with Gasteiger partial charge in [0.05, 0.1) is 11.2 Å². The molecule has 3 aromatic rings. The molecule has 3 heterocycles. The SMILES string of the molecule is CC.c1ccc(Nc2ncnc3cc4c(nc23)NCCN4)cc1. The largest absolute Gasteiger partial charge is 0.380 e. The minimum atomic E-state index is 0.710. The normalized spacial score (nSPS) is 12.3. The first kappa shape index (κ1) is 15.0. The van der Waals surface area contributed by atoms with E-state index in [2.05, 4.69) is 30.9 Å². The molecule has 6 heteroatoms. The van der Waals surface area contributed by atoms with Gasteiger partial charge in [0.2, 0.25) is 0 Å². The van der Waals surface area contributed by atoms with Crippen molar-refractivity contribution in [3.05, 3.63) is 42.7 Å². The summed E-state index contributed by atoms with van der Waals surface area (Å²) in [5.41, 5.74) is 3.54. The van der Waals surface area contributed by atoms with E-state index in [-0.39, 0.29) is 0 Å². The molecule has 0 fully saturated rings. The smallest absolute Gasteiger partial charge is 0.160 e. The van der Waals surface area contributed by atoms with Crippen molar-refractivity contribution >= 4 is 34.0 Å². The minimum Gasteiger partial charge on any atom is -0.380 e. The number of hydrogen-bond donors (Lipinski definition) is 3. The van der Waals surface area contributed by atoms with Crippen LogP contribution in [-0.4, -0.2) is 28.0 Å². The van der Waals surface area contributed by atoms with Gasteiger partial charge in [-0.2, -0.15) is 0 Å². The zero-order valence-electron chi connectivity index (χ0n) is 13.3. The first-order valence-corrected chi connectivity index (χ1v) is 7.86. The van der Waals surface area contributed by atoms with Crippen molar-refractivity contribution in [2.24, 2.45) is 0 Å². The molecule has 0 spiro atoms. The van der Waals surface area contributed by atoms with Crippen molar-refractivity contribution < 1.29 is 0 Å². The molecule has 0 aliphatic carbocycles. The number of nitrogens with one attached hydrogen (secondary N) is 3. The summed E-state index contributed by atoms with van der Waals surface area (Å²) in [6.07, 6.45) is 1.55. The number of pyridine rings is 1. The molecule has 4 rings (SSSR count). The van der Waals surface area contributed by atoms with Gasteiger partial charge in [-0.1, -0.05) is 32.0 Å². The van der Waals surface area contributed by atoms with Crippen LogP contribution in [0.4, 0.5) is 23.0 Å². The highest BCUT2D eigenvalue weighted by Gasteiger charge is 2.14. The van der Waals surface area contributed by atoms with E-state index in [0.717, 1.165) is 41.3 Å². The third kappa shape index (κ3) is 3.15. The Kier molecular flexibility index (Phi) is 4.52. The zero-order chi connectivity index (χ0) is 16.1. The summed E-state index contributed by atoms with van der Waals surface area (Å²) in [6.45, 7) is 5.75. The Morgan fingerprint density at radius 3 is 2.61 bits per heavy atom. The van der Waals surface area contributed by atoms with Crippen LogP contribution < -0.4 is 16.0 Å². The van der Waals surface area contributed by atoms with Gasteiger partial charge in [0, 0.05) is 18.8 Å². The molecule has 118 valence electrons. The van der Waals surface area contributed by atoms with Gasteiger partial charge in [0.1, 0.15) is 11.8 Å². The van der Waals surface area contributed by atoms with E-state index < -0.39 is 0 Å². The van der Waals surface area contributed by atoms with Gasteiger partial charge in [-0.05, 0) is 18.2 Å². The average molecular weight is 308 g/mol. The van der Waals surface area contributed by atoms with E-state index in [1.54, 1.807) is 6.33 Å². The van der Waals surface area contributed by atoms with Gasteiger partial charge >= 0.3 is 0 Å². The summed E-state index contributed by atoms with van der Waals surface area (Å²) >= 11 is 0. The fourth-order valence-corrected chi connectivity index (χ4v) is 2.38. The fourth-order valence-electron chi connectivity index (χ4n) is 2.38. The van der Waals surface area contributed by atoms with Crippen LogP contribution in [0.15, 0.2) is 42.7 Å². The molecule has 6 nitrogen and oxygen atoms in total. The minimum absolute atomic E-state index is 0.710. The maximum atomic E-state index is 4.65. The molecule has 0 unspecified atom stereocenters. The van der Waals surface area contributed by atoms with Crippen LogP contribution in [0.5, 0.6) is 0 Å². The van der Waals surface area contributed by atoms with Crippen LogP contribution in [-0.2, 0) is 0 Å². The van der Waals surface area contributed by atoms with Crippen LogP contribution in [0, 0.1) is 0 Å². The van der Waals surface area contributed by atoms with Gasteiger partial charge in [0.15, 0.2) is 11.6 Å². The molecule has 0 bridgehead atoms. The molecule has 1 aliphatic heterocycles. The first-order valence-electron chi connectivity index (χ1n) is 7.86. The van der Waals surface area contributed by atoms with Gasteiger partial charge in [-0.3, -0.25) is 0 Å². The number of benzene rings is 1. The third-order valence-electron chi connectivity index (χ3n) is 3.38. The predicted octanol–water partition coefficient (Wildman–Crippen LogP) is 3.63. The Morgan fingerprint density at radius 2 is 1.78 bits per heavy atom. The van der Waals surface area contributed by atoms with E-state index in [0.29, 0.717) is 5.82 Å². The standard InChI is InChI=1S/C15H14N6.C2H6/c1-2-4-10(5-3-1)20-15-13-11(18-9-19-15)8-12-14(21-13)17-7-6-16-12;1-2/h1-5,8-9,16H,6-7H2,(H,17,21)(H,18,19,20);1-2H3.